The van der Waals surface area contributed by atoms with E-state index >= 15 is 0 Å². The van der Waals surface area contributed by atoms with Crippen LogP contribution in [-0.2, 0) is 0 Å². The van der Waals surface area contributed by atoms with Crippen LogP contribution in [0, 0.1) is 11.8 Å². The lowest BCUT2D eigenvalue weighted by Gasteiger charge is -2.35. The van der Waals surface area contributed by atoms with E-state index in [1.165, 1.54) is 29.7 Å². The molecule has 2 rings (SSSR count). The molecule has 0 bridgehead atoms. The first-order valence-corrected chi connectivity index (χ1v) is 8.87. The van der Waals surface area contributed by atoms with Gasteiger partial charge in [0.25, 0.3) is 0 Å². The van der Waals surface area contributed by atoms with E-state index in [2.05, 4.69) is 52.0 Å². The molecule has 20 heavy (non-hydrogen) atoms. The number of thioether (sulfide) groups is 1. The maximum absolute atomic E-state index is 6.35. The fraction of sp³-hybridized carbons (Fsp3) is 0.667. The Balaban J connectivity index is 2.00. The van der Waals surface area contributed by atoms with Crippen LogP contribution in [0.25, 0.3) is 0 Å². The average molecular weight is 292 g/mol. The molecule has 1 aliphatic rings. The van der Waals surface area contributed by atoms with Gasteiger partial charge in [-0.3, -0.25) is 0 Å². The quantitative estimate of drug-likeness (QED) is 0.839. The lowest BCUT2D eigenvalue weighted by Crippen LogP contribution is -2.39. The highest BCUT2D eigenvalue weighted by molar-refractivity contribution is 8.00. The molecule has 1 saturated carbocycles. The van der Waals surface area contributed by atoms with Gasteiger partial charge in [0.2, 0.25) is 0 Å². The minimum absolute atomic E-state index is 0.361. The van der Waals surface area contributed by atoms with Gasteiger partial charge in [-0.2, -0.15) is 0 Å². The van der Waals surface area contributed by atoms with Gasteiger partial charge in [0.15, 0.2) is 0 Å². The van der Waals surface area contributed by atoms with Crippen LogP contribution in [0.2, 0.25) is 0 Å². The molecule has 1 aromatic rings. The van der Waals surface area contributed by atoms with Crippen molar-refractivity contribution in [2.45, 2.75) is 69.1 Å². The Kier molecular flexibility index (Phi) is 5.57. The topological polar surface area (TPSA) is 26.0 Å². The summed E-state index contributed by atoms with van der Waals surface area (Å²) in [5.41, 5.74) is 7.77. The van der Waals surface area contributed by atoms with Gasteiger partial charge in [-0.25, -0.2) is 0 Å². The number of nitrogens with two attached hydrogens (primary N) is 1. The standard InChI is InChI=1S/C18H29NS/c1-12(2)14-5-8-16(9-6-14)20-18-11-15(13(3)4)7-10-17(18)19/h5-6,8-9,12-13,15,17-18H,7,10-11,19H2,1-4H3. The zero-order chi connectivity index (χ0) is 14.7. The lowest BCUT2D eigenvalue weighted by atomic mass is 9.79. The van der Waals surface area contributed by atoms with E-state index in [1.54, 1.807) is 0 Å². The minimum Gasteiger partial charge on any atom is -0.327 e. The molecule has 112 valence electrons. The molecule has 1 nitrogen and oxygen atoms in total. The fourth-order valence-electron chi connectivity index (χ4n) is 3.03. The van der Waals surface area contributed by atoms with Crippen molar-refractivity contribution in [3.8, 4) is 0 Å². The monoisotopic (exact) mass is 291 g/mol. The van der Waals surface area contributed by atoms with Gasteiger partial charge in [-0.05, 0) is 54.7 Å². The highest BCUT2D eigenvalue weighted by Gasteiger charge is 2.30. The van der Waals surface area contributed by atoms with Crippen molar-refractivity contribution in [3.63, 3.8) is 0 Å². The van der Waals surface area contributed by atoms with E-state index in [-0.39, 0.29) is 0 Å². The maximum atomic E-state index is 6.35. The Morgan fingerprint density at radius 2 is 1.70 bits per heavy atom. The van der Waals surface area contributed by atoms with Crippen LogP contribution in [0.1, 0.15) is 58.4 Å². The fourth-order valence-corrected chi connectivity index (χ4v) is 4.33. The molecule has 3 unspecified atom stereocenters. The van der Waals surface area contributed by atoms with E-state index in [9.17, 15) is 0 Å². The summed E-state index contributed by atoms with van der Waals surface area (Å²) in [5, 5.41) is 0.584. The first-order chi connectivity index (χ1) is 9.47. The van der Waals surface area contributed by atoms with Gasteiger partial charge in [0.05, 0.1) is 0 Å². The van der Waals surface area contributed by atoms with Crippen LogP contribution >= 0.6 is 11.8 Å². The van der Waals surface area contributed by atoms with Crippen molar-refractivity contribution < 1.29 is 0 Å². The van der Waals surface area contributed by atoms with Crippen LogP contribution in [-0.4, -0.2) is 11.3 Å². The Bertz CT molecular complexity index is 410. The molecular formula is C18H29NS. The normalized spacial score (nSPS) is 27.2. The summed E-state index contributed by atoms with van der Waals surface area (Å²) >= 11 is 1.99. The Hall–Kier alpha value is -0.470. The summed E-state index contributed by atoms with van der Waals surface area (Å²) < 4.78 is 0. The second-order valence-electron chi connectivity index (χ2n) is 6.86. The summed E-state index contributed by atoms with van der Waals surface area (Å²) in [4.78, 5) is 1.37. The van der Waals surface area contributed by atoms with Crippen molar-refractivity contribution in [2.75, 3.05) is 0 Å². The molecule has 0 aliphatic heterocycles. The summed E-state index contributed by atoms with van der Waals surface area (Å²) in [6.07, 6.45) is 3.77. The molecular weight excluding hydrogens is 262 g/mol. The van der Waals surface area contributed by atoms with Gasteiger partial charge >= 0.3 is 0 Å². The molecule has 0 radical (unpaired) electrons. The van der Waals surface area contributed by atoms with Crippen LogP contribution in [0.4, 0.5) is 0 Å². The minimum atomic E-state index is 0.361. The first kappa shape index (κ1) is 15.9. The SMILES string of the molecule is CC(C)c1ccc(SC2CC(C(C)C)CCC2N)cc1. The summed E-state index contributed by atoms with van der Waals surface area (Å²) in [6, 6.07) is 9.43. The summed E-state index contributed by atoms with van der Waals surface area (Å²) in [5.74, 6) is 2.24. The Labute approximate surface area is 128 Å². The summed E-state index contributed by atoms with van der Waals surface area (Å²) in [6.45, 7) is 9.18. The van der Waals surface area contributed by atoms with Crippen LogP contribution in [0.15, 0.2) is 29.2 Å². The largest absolute Gasteiger partial charge is 0.327 e. The molecule has 2 heteroatoms. The van der Waals surface area contributed by atoms with E-state index < -0.39 is 0 Å². The van der Waals surface area contributed by atoms with E-state index in [1.807, 2.05) is 11.8 Å². The average Bonchev–Trinajstić information content (AvgIpc) is 2.41. The number of hydrogen-bond acceptors (Lipinski definition) is 2. The Morgan fingerprint density at radius 1 is 1.05 bits per heavy atom. The van der Waals surface area contributed by atoms with Crippen LogP contribution in [0.3, 0.4) is 0 Å². The third-order valence-electron chi connectivity index (χ3n) is 4.66. The second-order valence-corrected chi connectivity index (χ2v) is 8.17. The van der Waals surface area contributed by atoms with E-state index in [0.717, 1.165) is 11.8 Å². The third-order valence-corrected chi connectivity index (χ3v) is 6.05. The number of hydrogen-bond donors (Lipinski definition) is 1. The molecule has 3 atom stereocenters. The van der Waals surface area contributed by atoms with E-state index in [4.69, 9.17) is 5.73 Å². The second kappa shape index (κ2) is 7.00. The first-order valence-electron chi connectivity index (χ1n) is 7.99. The van der Waals surface area contributed by atoms with Gasteiger partial charge in [-0.15, -0.1) is 11.8 Å². The lowest BCUT2D eigenvalue weighted by molar-refractivity contribution is 0.266. The van der Waals surface area contributed by atoms with Crippen molar-refractivity contribution >= 4 is 11.8 Å². The number of benzene rings is 1. The molecule has 1 aliphatic carbocycles. The molecule has 0 amide bonds. The molecule has 0 heterocycles. The van der Waals surface area contributed by atoms with Crippen LogP contribution < -0.4 is 5.73 Å². The van der Waals surface area contributed by atoms with Crippen molar-refractivity contribution in [2.24, 2.45) is 17.6 Å². The smallest absolute Gasteiger partial charge is 0.0249 e. The van der Waals surface area contributed by atoms with Gasteiger partial charge in [-0.1, -0.05) is 39.8 Å². The predicted molar refractivity (Wildman–Crippen MR) is 90.3 cm³/mol. The van der Waals surface area contributed by atoms with E-state index in [0.29, 0.717) is 17.2 Å². The summed E-state index contributed by atoms with van der Waals surface area (Å²) in [7, 11) is 0. The van der Waals surface area contributed by atoms with Crippen molar-refractivity contribution in [1.29, 1.82) is 0 Å². The Morgan fingerprint density at radius 3 is 2.25 bits per heavy atom. The highest BCUT2D eigenvalue weighted by Crippen LogP contribution is 2.38. The zero-order valence-corrected chi connectivity index (χ0v) is 14.1. The zero-order valence-electron chi connectivity index (χ0n) is 13.3. The van der Waals surface area contributed by atoms with Gasteiger partial charge in [0, 0.05) is 16.2 Å². The molecule has 2 N–H and O–H groups in total. The molecule has 0 saturated heterocycles. The maximum Gasteiger partial charge on any atom is 0.0249 e. The molecule has 1 fully saturated rings. The predicted octanol–water partition coefficient (Wildman–Crippen LogP) is 5.05. The van der Waals surface area contributed by atoms with Crippen molar-refractivity contribution in [3.05, 3.63) is 29.8 Å². The third kappa shape index (κ3) is 4.02. The number of rotatable bonds is 4. The van der Waals surface area contributed by atoms with Crippen LogP contribution in [0.5, 0.6) is 0 Å². The molecule has 0 spiro atoms. The molecule has 1 aromatic carbocycles. The van der Waals surface area contributed by atoms with Gasteiger partial charge < -0.3 is 5.73 Å². The van der Waals surface area contributed by atoms with Crippen molar-refractivity contribution in [1.82, 2.24) is 0 Å². The highest BCUT2D eigenvalue weighted by atomic mass is 32.2. The molecule has 0 aromatic heterocycles. The van der Waals surface area contributed by atoms with Gasteiger partial charge in [0.1, 0.15) is 0 Å².